The molecule has 174 valence electrons. The van der Waals surface area contributed by atoms with Crippen molar-refractivity contribution in [1.82, 2.24) is 0 Å². The van der Waals surface area contributed by atoms with Crippen LogP contribution >= 0.6 is 11.6 Å². The largest absolute Gasteiger partial charge is 0.673 e. The highest BCUT2D eigenvalue weighted by Crippen LogP contribution is 2.39. The van der Waals surface area contributed by atoms with Crippen molar-refractivity contribution < 1.29 is 21.8 Å². The quantitative estimate of drug-likeness (QED) is 0.122. The lowest BCUT2D eigenvalue weighted by Gasteiger charge is -2.22. The molecule has 4 aromatic rings. The smallest absolute Gasteiger partial charge is 0.418 e. The van der Waals surface area contributed by atoms with E-state index in [4.69, 9.17) is 11.6 Å². The van der Waals surface area contributed by atoms with Gasteiger partial charge >= 0.3 is 7.25 Å². The van der Waals surface area contributed by atoms with E-state index in [0.717, 1.165) is 19.4 Å². The average Bonchev–Trinajstić information content (AvgIpc) is 2.84. The van der Waals surface area contributed by atoms with Gasteiger partial charge in [0.05, 0.1) is 5.88 Å². The van der Waals surface area contributed by atoms with Crippen LogP contribution in [0.25, 0.3) is 33.6 Å². The molecule has 0 bridgehead atoms. The van der Waals surface area contributed by atoms with Gasteiger partial charge in [-0.25, -0.2) is 0 Å². The molecule has 1 heterocycles. The molecule has 34 heavy (non-hydrogen) atoms. The summed E-state index contributed by atoms with van der Waals surface area (Å²) in [6.45, 7) is 0.789. The fraction of sp³-hybridized carbons (Fsp3) is 0.148. The number of pyridine rings is 1. The molecule has 1 aliphatic carbocycles. The first kappa shape index (κ1) is 24.0. The maximum atomic E-state index is 9.75. The van der Waals surface area contributed by atoms with Crippen LogP contribution in [0.15, 0.2) is 91.0 Å². The average molecular weight is 484 g/mol. The van der Waals surface area contributed by atoms with E-state index in [2.05, 4.69) is 95.6 Å². The van der Waals surface area contributed by atoms with Crippen molar-refractivity contribution in [2.45, 2.75) is 19.4 Å². The van der Waals surface area contributed by atoms with E-state index in [1.54, 1.807) is 0 Å². The monoisotopic (exact) mass is 483 g/mol. The number of alkyl halides is 1. The Hall–Kier alpha value is -3.12. The summed E-state index contributed by atoms with van der Waals surface area (Å²) in [4.78, 5) is 0. The highest BCUT2D eigenvalue weighted by molar-refractivity contribution is 6.50. The SMILES string of the molecule is ClCC[n+]1c(-c2ccccc2)cc(-c2ccccc2)c2c1-c1ccccc1CC2.F[B-](F)(F)F. The third kappa shape index (κ3) is 5.50. The standard InChI is InChI=1S/C27H23ClN.BF4/c28-17-18-29-26(22-12-5-2-6-13-22)19-25(20-9-3-1-4-10-20)24-16-15-21-11-7-8-14-23(21)27(24)29;2-1(3,4)5/h1-14,19H,15-18H2;/q+1;-1. The van der Waals surface area contributed by atoms with Gasteiger partial charge < -0.3 is 17.3 Å². The first-order valence-electron chi connectivity index (χ1n) is 11.1. The second kappa shape index (κ2) is 10.4. The molecule has 0 saturated carbocycles. The van der Waals surface area contributed by atoms with Gasteiger partial charge in [-0.2, -0.15) is 4.57 Å². The Labute approximate surface area is 201 Å². The Morgan fingerprint density at radius 3 is 1.88 bits per heavy atom. The van der Waals surface area contributed by atoms with Gasteiger partial charge in [0.2, 0.25) is 11.4 Å². The van der Waals surface area contributed by atoms with Crippen molar-refractivity contribution in [3.05, 3.63) is 102 Å². The van der Waals surface area contributed by atoms with E-state index in [1.807, 2.05) is 0 Å². The van der Waals surface area contributed by atoms with Crippen molar-refractivity contribution in [3.8, 4) is 33.6 Å². The first-order chi connectivity index (χ1) is 16.4. The summed E-state index contributed by atoms with van der Waals surface area (Å²) in [5.74, 6) is 0.587. The van der Waals surface area contributed by atoms with Gasteiger partial charge in [0.25, 0.3) is 0 Å². The van der Waals surface area contributed by atoms with E-state index in [1.165, 1.54) is 44.8 Å². The minimum absolute atomic E-state index is 0.587. The predicted molar refractivity (Wildman–Crippen MR) is 131 cm³/mol. The number of nitrogens with zero attached hydrogens (tertiary/aromatic N) is 1. The molecule has 1 aromatic heterocycles. The number of fused-ring (bicyclic) bond motifs is 3. The number of benzene rings is 3. The van der Waals surface area contributed by atoms with Crippen LogP contribution in [0.5, 0.6) is 0 Å². The fourth-order valence-corrected chi connectivity index (χ4v) is 4.71. The molecular weight excluding hydrogens is 461 g/mol. The second-order valence-corrected chi connectivity index (χ2v) is 8.37. The summed E-state index contributed by atoms with van der Waals surface area (Å²) < 4.78 is 41.4. The van der Waals surface area contributed by atoms with Gasteiger partial charge in [-0.05, 0) is 47.7 Å². The number of aryl methyl sites for hydroxylation is 1. The number of hydrogen-bond donors (Lipinski definition) is 0. The van der Waals surface area contributed by atoms with Crippen LogP contribution in [0.3, 0.4) is 0 Å². The molecule has 0 atom stereocenters. The number of rotatable bonds is 4. The van der Waals surface area contributed by atoms with Crippen molar-refractivity contribution in [3.63, 3.8) is 0 Å². The van der Waals surface area contributed by atoms with Crippen LogP contribution in [-0.4, -0.2) is 13.1 Å². The van der Waals surface area contributed by atoms with Crippen molar-refractivity contribution in [2.75, 3.05) is 5.88 Å². The molecule has 0 unspecified atom stereocenters. The van der Waals surface area contributed by atoms with Crippen LogP contribution in [0, 0.1) is 0 Å². The Bertz CT molecular complexity index is 1260. The molecule has 0 fully saturated rings. The Balaban J connectivity index is 0.000000499. The van der Waals surface area contributed by atoms with Crippen LogP contribution in [0.4, 0.5) is 17.3 Å². The van der Waals surface area contributed by atoms with Crippen LogP contribution in [-0.2, 0) is 19.4 Å². The lowest BCUT2D eigenvalue weighted by Crippen LogP contribution is -2.42. The molecule has 0 aliphatic heterocycles. The minimum Gasteiger partial charge on any atom is -0.418 e. The Morgan fingerprint density at radius 2 is 1.26 bits per heavy atom. The van der Waals surface area contributed by atoms with Crippen molar-refractivity contribution >= 4 is 18.9 Å². The van der Waals surface area contributed by atoms with Gasteiger partial charge in [-0.15, -0.1) is 11.6 Å². The summed E-state index contributed by atoms with van der Waals surface area (Å²) in [5.41, 5.74) is 10.6. The van der Waals surface area contributed by atoms with E-state index in [-0.39, 0.29) is 0 Å². The van der Waals surface area contributed by atoms with Gasteiger partial charge in [-0.3, -0.25) is 0 Å². The highest BCUT2D eigenvalue weighted by Gasteiger charge is 2.31. The molecule has 0 N–H and O–H groups in total. The molecule has 0 saturated heterocycles. The Kier molecular flexibility index (Phi) is 7.37. The van der Waals surface area contributed by atoms with Crippen LogP contribution < -0.4 is 4.57 Å². The maximum absolute atomic E-state index is 9.75. The van der Waals surface area contributed by atoms with Gasteiger partial charge in [0, 0.05) is 22.8 Å². The normalized spacial score (nSPS) is 12.3. The summed E-state index contributed by atoms with van der Waals surface area (Å²) in [6.07, 6.45) is 2.13. The molecule has 3 aromatic carbocycles. The molecule has 0 amide bonds. The van der Waals surface area contributed by atoms with Crippen LogP contribution in [0.2, 0.25) is 0 Å². The van der Waals surface area contributed by atoms with Crippen LogP contribution in [0.1, 0.15) is 11.1 Å². The minimum atomic E-state index is -6.00. The predicted octanol–water partition coefficient (Wildman–Crippen LogP) is 7.61. The van der Waals surface area contributed by atoms with Crippen molar-refractivity contribution in [1.29, 1.82) is 0 Å². The summed E-state index contributed by atoms with van der Waals surface area (Å²) in [6, 6.07) is 32.6. The molecule has 1 aliphatic rings. The van der Waals surface area contributed by atoms with E-state index in [9.17, 15) is 17.3 Å². The second-order valence-electron chi connectivity index (χ2n) is 8.00. The zero-order valence-electron chi connectivity index (χ0n) is 18.4. The third-order valence-electron chi connectivity index (χ3n) is 5.83. The summed E-state index contributed by atoms with van der Waals surface area (Å²) in [5, 5.41) is 0. The van der Waals surface area contributed by atoms with Gasteiger partial charge in [-0.1, -0.05) is 66.7 Å². The summed E-state index contributed by atoms with van der Waals surface area (Å²) in [7, 11) is -6.00. The molecule has 0 spiro atoms. The number of halogens is 5. The van der Waals surface area contributed by atoms with E-state index < -0.39 is 7.25 Å². The lowest BCUT2D eigenvalue weighted by atomic mass is 9.83. The lowest BCUT2D eigenvalue weighted by molar-refractivity contribution is -0.671. The molecule has 1 nitrogen and oxygen atoms in total. The molecular formula is C27H23BClF4N. The zero-order chi connectivity index (χ0) is 24.1. The fourth-order valence-electron chi connectivity index (χ4n) is 4.54. The van der Waals surface area contributed by atoms with Gasteiger partial charge in [0.15, 0.2) is 6.54 Å². The molecule has 0 radical (unpaired) electrons. The maximum Gasteiger partial charge on any atom is 0.673 e. The highest BCUT2D eigenvalue weighted by atomic mass is 35.5. The zero-order valence-corrected chi connectivity index (χ0v) is 19.2. The van der Waals surface area contributed by atoms with Crippen molar-refractivity contribution in [2.24, 2.45) is 0 Å². The van der Waals surface area contributed by atoms with E-state index >= 15 is 0 Å². The molecule has 5 rings (SSSR count). The molecule has 7 heteroatoms. The topological polar surface area (TPSA) is 3.88 Å². The first-order valence-corrected chi connectivity index (χ1v) is 11.6. The van der Waals surface area contributed by atoms with E-state index in [0.29, 0.717) is 5.88 Å². The Morgan fingerprint density at radius 1 is 0.706 bits per heavy atom. The summed E-state index contributed by atoms with van der Waals surface area (Å²) >= 11 is 6.30. The van der Waals surface area contributed by atoms with Gasteiger partial charge in [0.1, 0.15) is 0 Å². The third-order valence-corrected chi connectivity index (χ3v) is 6.00. The number of hydrogen-bond acceptors (Lipinski definition) is 0. The number of aromatic nitrogens is 1.